The molecule has 0 N–H and O–H groups in total. The molecule has 1 heteroatoms. The molecule has 114 valence electrons. The predicted molar refractivity (Wildman–Crippen MR) is 97.0 cm³/mol. The second kappa shape index (κ2) is 5.13. The molecule has 0 spiro atoms. The van der Waals surface area contributed by atoms with E-state index in [1.807, 2.05) is 0 Å². The summed E-state index contributed by atoms with van der Waals surface area (Å²) in [4.78, 5) is 0. The topological polar surface area (TPSA) is 0 Å². The number of hydrogen-bond acceptors (Lipinski definition) is 0. The highest BCUT2D eigenvalue weighted by Crippen LogP contribution is 2.82. The molecule has 1 aromatic carbocycles. The molecule has 0 aliphatic carbocycles. The van der Waals surface area contributed by atoms with Gasteiger partial charge in [-0.1, -0.05) is 17.7 Å². The summed E-state index contributed by atoms with van der Waals surface area (Å²) in [5, 5.41) is 2.45. The molecule has 1 aromatic rings. The average molecular weight is 293 g/mol. The molecule has 0 aromatic heterocycles. The van der Waals surface area contributed by atoms with Crippen LogP contribution in [-0.4, -0.2) is 15.5 Å². The molecular formula is C19H34P+. The third-order valence-corrected chi connectivity index (χ3v) is 11.6. The molecule has 0 aliphatic heterocycles. The Morgan fingerprint density at radius 1 is 0.600 bits per heavy atom. The second-order valence-corrected chi connectivity index (χ2v) is 14.9. The molecular weight excluding hydrogens is 259 g/mol. The Kier molecular flexibility index (Phi) is 4.54. The van der Waals surface area contributed by atoms with E-state index in [2.05, 4.69) is 93.5 Å². The number of hydrogen-bond donors (Lipinski definition) is 0. The quantitative estimate of drug-likeness (QED) is 0.554. The second-order valence-electron chi connectivity index (χ2n) is 9.02. The molecule has 0 fully saturated rings. The van der Waals surface area contributed by atoms with E-state index in [9.17, 15) is 0 Å². The van der Waals surface area contributed by atoms with E-state index in [1.54, 1.807) is 5.30 Å². The first kappa shape index (κ1) is 17.7. The van der Waals surface area contributed by atoms with Gasteiger partial charge < -0.3 is 0 Å². The van der Waals surface area contributed by atoms with Crippen molar-refractivity contribution < 1.29 is 0 Å². The van der Waals surface area contributed by atoms with Crippen LogP contribution in [-0.2, 0) is 0 Å². The molecule has 0 heterocycles. The van der Waals surface area contributed by atoms with Crippen LogP contribution in [0.5, 0.6) is 0 Å². The van der Waals surface area contributed by atoms with Gasteiger partial charge in [0.15, 0.2) is 0 Å². The highest BCUT2D eigenvalue weighted by atomic mass is 31.2. The zero-order chi connectivity index (χ0) is 16.0. The van der Waals surface area contributed by atoms with Crippen molar-refractivity contribution in [3.05, 3.63) is 29.8 Å². The van der Waals surface area contributed by atoms with E-state index < -0.39 is 7.26 Å². The van der Waals surface area contributed by atoms with Crippen molar-refractivity contribution in [3.8, 4) is 0 Å². The summed E-state index contributed by atoms with van der Waals surface area (Å²) in [6.07, 6.45) is 0. The van der Waals surface area contributed by atoms with Crippen LogP contribution in [0, 0.1) is 6.92 Å². The van der Waals surface area contributed by atoms with Crippen molar-refractivity contribution in [1.29, 1.82) is 0 Å². The van der Waals surface area contributed by atoms with E-state index in [1.165, 1.54) is 5.56 Å². The van der Waals surface area contributed by atoms with E-state index in [0.717, 1.165) is 0 Å². The van der Waals surface area contributed by atoms with Crippen LogP contribution in [0.25, 0.3) is 0 Å². The summed E-state index contributed by atoms with van der Waals surface area (Å²) in [7, 11) is -1.42. The van der Waals surface area contributed by atoms with Crippen molar-refractivity contribution in [3.63, 3.8) is 0 Å². The van der Waals surface area contributed by atoms with Crippen molar-refractivity contribution in [2.24, 2.45) is 0 Å². The van der Waals surface area contributed by atoms with E-state index >= 15 is 0 Å². The monoisotopic (exact) mass is 293 g/mol. The van der Waals surface area contributed by atoms with Gasteiger partial charge in [-0.3, -0.25) is 0 Å². The molecule has 0 saturated carbocycles. The Labute approximate surface area is 127 Å². The summed E-state index contributed by atoms with van der Waals surface area (Å²) < 4.78 is 0. The van der Waals surface area contributed by atoms with Crippen LogP contribution in [0.3, 0.4) is 0 Å². The van der Waals surface area contributed by atoms with Crippen molar-refractivity contribution in [1.82, 2.24) is 0 Å². The first-order chi connectivity index (χ1) is 8.75. The Morgan fingerprint density at radius 2 is 0.900 bits per heavy atom. The summed E-state index contributed by atoms with van der Waals surface area (Å²) in [6, 6.07) is 9.36. The highest BCUT2D eigenvalue weighted by Gasteiger charge is 2.65. The predicted octanol–water partition coefficient (Wildman–Crippen LogP) is 6.03. The maximum absolute atomic E-state index is 2.44. The summed E-state index contributed by atoms with van der Waals surface area (Å²) in [6.45, 7) is 24.2. The molecule has 0 radical (unpaired) electrons. The lowest BCUT2D eigenvalue weighted by Crippen LogP contribution is -2.49. The fourth-order valence-electron chi connectivity index (χ4n) is 4.95. The molecule has 0 aliphatic rings. The molecule has 20 heavy (non-hydrogen) atoms. The van der Waals surface area contributed by atoms with Gasteiger partial charge in [0.2, 0.25) is 0 Å². The molecule has 0 saturated heterocycles. The van der Waals surface area contributed by atoms with Crippen molar-refractivity contribution in [2.45, 2.75) is 84.7 Å². The fraction of sp³-hybridized carbons (Fsp3) is 0.684. The Hall–Kier alpha value is -0.350. The zero-order valence-electron chi connectivity index (χ0n) is 15.3. The van der Waals surface area contributed by atoms with E-state index in [4.69, 9.17) is 0 Å². The number of benzene rings is 1. The number of aryl methyl sites for hydroxylation is 1. The van der Waals surface area contributed by atoms with Gasteiger partial charge in [0, 0.05) is 0 Å². The van der Waals surface area contributed by atoms with E-state index in [0.29, 0.717) is 15.5 Å². The smallest absolute Gasteiger partial charge is 0.0554 e. The van der Waals surface area contributed by atoms with Crippen LogP contribution in [0.15, 0.2) is 24.3 Å². The maximum atomic E-state index is 2.44. The van der Waals surface area contributed by atoms with Gasteiger partial charge in [0.05, 0.1) is 28.0 Å². The van der Waals surface area contributed by atoms with Gasteiger partial charge in [-0.05, 0) is 81.4 Å². The fourth-order valence-corrected chi connectivity index (χ4v) is 13.9. The van der Waals surface area contributed by atoms with Crippen molar-refractivity contribution in [2.75, 3.05) is 0 Å². The minimum atomic E-state index is -1.42. The first-order valence-corrected chi connectivity index (χ1v) is 9.50. The lowest BCUT2D eigenvalue weighted by atomic mass is 10.2. The Morgan fingerprint density at radius 3 is 1.15 bits per heavy atom. The number of rotatable bonds is 1. The maximum Gasteiger partial charge on any atom is 0.0956 e. The van der Waals surface area contributed by atoms with Gasteiger partial charge in [-0.15, -0.1) is 0 Å². The lowest BCUT2D eigenvalue weighted by molar-refractivity contribution is 0.629. The normalized spacial score (nSPS) is 14.5. The van der Waals surface area contributed by atoms with Gasteiger partial charge in [-0.2, -0.15) is 0 Å². The third kappa shape index (κ3) is 2.69. The highest BCUT2D eigenvalue weighted by molar-refractivity contribution is 7.86. The van der Waals surface area contributed by atoms with Gasteiger partial charge >= 0.3 is 0 Å². The molecule has 1 rings (SSSR count). The summed E-state index contributed by atoms with van der Waals surface area (Å²) >= 11 is 0. The minimum Gasteiger partial charge on any atom is -0.0554 e. The SMILES string of the molecule is Cc1ccc([P+](C(C)(C)C)(C(C)(C)C)C(C)(C)C)cc1. The minimum absolute atomic E-state index is 0.290. The van der Waals surface area contributed by atoms with Crippen LogP contribution in [0.1, 0.15) is 67.9 Å². The van der Waals surface area contributed by atoms with Gasteiger partial charge in [-0.25, -0.2) is 0 Å². The Balaban J connectivity index is 3.77. The van der Waals surface area contributed by atoms with Crippen LogP contribution < -0.4 is 5.30 Å². The van der Waals surface area contributed by atoms with Crippen LogP contribution in [0.2, 0.25) is 0 Å². The summed E-state index contributed by atoms with van der Waals surface area (Å²) in [5.41, 5.74) is 1.35. The Bertz CT molecular complexity index is 410. The van der Waals surface area contributed by atoms with Gasteiger partial charge in [0.1, 0.15) is 0 Å². The largest absolute Gasteiger partial charge is 0.0956 e. The summed E-state index contributed by atoms with van der Waals surface area (Å²) in [5.74, 6) is 0. The first-order valence-electron chi connectivity index (χ1n) is 7.72. The molecule has 0 bridgehead atoms. The molecule has 0 unspecified atom stereocenters. The standard InChI is InChI=1S/C19H34P/c1-15-11-13-16(14-12-15)20(17(2,3)4,18(5,6)7)19(8,9)10/h11-14H,1-10H3/q+1. The average Bonchev–Trinajstić information content (AvgIpc) is 2.14. The lowest BCUT2D eigenvalue weighted by Gasteiger charge is -2.54. The van der Waals surface area contributed by atoms with Crippen molar-refractivity contribution >= 4 is 12.6 Å². The molecule has 0 atom stereocenters. The zero-order valence-corrected chi connectivity index (χ0v) is 16.2. The van der Waals surface area contributed by atoms with Gasteiger partial charge in [0.25, 0.3) is 0 Å². The van der Waals surface area contributed by atoms with Crippen LogP contribution >= 0.6 is 7.26 Å². The van der Waals surface area contributed by atoms with E-state index in [-0.39, 0.29) is 0 Å². The third-order valence-electron chi connectivity index (χ3n) is 4.44. The molecule has 0 nitrogen and oxygen atoms in total. The molecule has 0 amide bonds. The van der Waals surface area contributed by atoms with Crippen LogP contribution in [0.4, 0.5) is 0 Å².